The highest BCUT2D eigenvalue weighted by Crippen LogP contribution is 2.18. The molecule has 1 rings (SSSR count). The Morgan fingerprint density at radius 1 is 1.40 bits per heavy atom. The first kappa shape index (κ1) is 16.6. The molecule has 0 aromatic heterocycles. The van der Waals surface area contributed by atoms with E-state index in [1.807, 2.05) is 6.92 Å². The lowest BCUT2D eigenvalue weighted by atomic mass is 10.0. The summed E-state index contributed by atoms with van der Waals surface area (Å²) >= 11 is 3.03. The van der Waals surface area contributed by atoms with Crippen molar-refractivity contribution in [3.63, 3.8) is 0 Å². The SMILES string of the molecule is CC(CCNC(=O)c1cccc(Br)c1F)CCC(=O)O. The lowest BCUT2D eigenvalue weighted by Gasteiger charge is -2.11. The number of amides is 1. The third-order valence-corrected chi connectivity index (χ3v) is 3.58. The Labute approximate surface area is 125 Å². The minimum atomic E-state index is -0.822. The summed E-state index contributed by atoms with van der Waals surface area (Å²) in [6.45, 7) is 2.32. The zero-order chi connectivity index (χ0) is 15.1. The maximum atomic E-state index is 13.7. The van der Waals surface area contributed by atoms with Gasteiger partial charge < -0.3 is 10.4 Å². The van der Waals surface area contributed by atoms with Crippen molar-refractivity contribution in [1.29, 1.82) is 0 Å². The Morgan fingerprint density at radius 2 is 2.10 bits per heavy atom. The van der Waals surface area contributed by atoms with Crippen LogP contribution in [0.4, 0.5) is 4.39 Å². The largest absolute Gasteiger partial charge is 0.481 e. The summed E-state index contributed by atoms with van der Waals surface area (Å²) in [5.41, 5.74) is -0.00226. The van der Waals surface area contributed by atoms with Gasteiger partial charge in [-0.05, 0) is 46.8 Å². The second-order valence-corrected chi connectivity index (χ2v) is 5.54. The monoisotopic (exact) mass is 345 g/mol. The van der Waals surface area contributed by atoms with Crippen LogP contribution in [-0.4, -0.2) is 23.5 Å². The number of carbonyl (C=O) groups is 2. The number of aliphatic carboxylic acids is 1. The molecule has 0 fully saturated rings. The summed E-state index contributed by atoms with van der Waals surface area (Å²) in [5.74, 6) is -1.67. The van der Waals surface area contributed by atoms with Crippen LogP contribution in [0.15, 0.2) is 22.7 Å². The van der Waals surface area contributed by atoms with Gasteiger partial charge in [0.1, 0.15) is 5.82 Å². The minimum absolute atomic E-state index is 0.00226. The average molecular weight is 346 g/mol. The standard InChI is InChI=1S/C14H17BrFNO3/c1-9(5-6-12(18)19)7-8-17-14(20)10-3-2-4-11(15)13(10)16/h2-4,9H,5-8H2,1H3,(H,17,20)(H,18,19). The van der Waals surface area contributed by atoms with Crippen LogP contribution < -0.4 is 5.32 Å². The predicted molar refractivity (Wildman–Crippen MR) is 77.1 cm³/mol. The number of nitrogens with one attached hydrogen (secondary N) is 1. The second kappa shape index (κ2) is 7.99. The third kappa shape index (κ3) is 5.28. The van der Waals surface area contributed by atoms with E-state index in [1.54, 1.807) is 6.07 Å². The van der Waals surface area contributed by atoms with Gasteiger partial charge in [0.25, 0.3) is 5.91 Å². The van der Waals surface area contributed by atoms with Gasteiger partial charge in [0.05, 0.1) is 10.0 Å². The first-order valence-electron chi connectivity index (χ1n) is 6.35. The van der Waals surface area contributed by atoms with E-state index in [4.69, 9.17) is 5.11 Å². The van der Waals surface area contributed by atoms with Gasteiger partial charge in [-0.15, -0.1) is 0 Å². The summed E-state index contributed by atoms with van der Waals surface area (Å²) in [5, 5.41) is 11.2. The van der Waals surface area contributed by atoms with Gasteiger partial charge >= 0.3 is 5.97 Å². The molecule has 2 N–H and O–H groups in total. The topological polar surface area (TPSA) is 66.4 Å². The summed E-state index contributed by atoms with van der Waals surface area (Å²) in [4.78, 5) is 22.2. The van der Waals surface area contributed by atoms with Crippen LogP contribution >= 0.6 is 15.9 Å². The highest BCUT2D eigenvalue weighted by Gasteiger charge is 2.13. The first-order chi connectivity index (χ1) is 9.41. The van der Waals surface area contributed by atoms with E-state index < -0.39 is 17.7 Å². The van der Waals surface area contributed by atoms with Crippen LogP contribution in [0.2, 0.25) is 0 Å². The number of benzene rings is 1. The van der Waals surface area contributed by atoms with Gasteiger partial charge in [0.2, 0.25) is 0 Å². The van der Waals surface area contributed by atoms with E-state index >= 15 is 0 Å². The number of carboxylic acids is 1. The highest BCUT2D eigenvalue weighted by atomic mass is 79.9. The van der Waals surface area contributed by atoms with Crippen LogP contribution in [0.1, 0.15) is 36.5 Å². The fraction of sp³-hybridized carbons (Fsp3) is 0.429. The molecule has 0 radical (unpaired) electrons. The summed E-state index contributed by atoms with van der Waals surface area (Å²) in [6.07, 6.45) is 1.35. The molecular weight excluding hydrogens is 329 g/mol. The fourth-order valence-electron chi connectivity index (χ4n) is 1.72. The molecule has 0 spiro atoms. The molecule has 1 aromatic carbocycles. The molecule has 1 unspecified atom stereocenters. The molecule has 110 valence electrons. The molecule has 20 heavy (non-hydrogen) atoms. The Bertz CT molecular complexity index is 493. The lowest BCUT2D eigenvalue weighted by molar-refractivity contribution is -0.137. The van der Waals surface area contributed by atoms with E-state index in [0.717, 1.165) is 0 Å². The number of rotatable bonds is 7. The Balaban J connectivity index is 2.40. The molecule has 0 heterocycles. The number of halogens is 2. The van der Waals surface area contributed by atoms with Gasteiger partial charge in [0, 0.05) is 13.0 Å². The highest BCUT2D eigenvalue weighted by molar-refractivity contribution is 9.10. The number of carboxylic acid groups (broad SMARTS) is 1. The molecule has 4 nitrogen and oxygen atoms in total. The van der Waals surface area contributed by atoms with Crippen molar-refractivity contribution >= 4 is 27.8 Å². The minimum Gasteiger partial charge on any atom is -0.481 e. The van der Waals surface area contributed by atoms with Crippen LogP contribution in [0.5, 0.6) is 0 Å². The van der Waals surface area contributed by atoms with E-state index in [9.17, 15) is 14.0 Å². The Morgan fingerprint density at radius 3 is 2.75 bits per heavy atom. The fourth-order valence-corrected chi connectivity index (χ4v) is 2.09. The molecule has 1 amide bonds. The van der Waals surface area contributed by atoms with E-state index in [0.29, 0.717) is 19.4 Å². The molecule has 0 bridgehead atoms. The normalized spacial score (nSPS) is 11.9. The van der Waals surface area contributed by atoms with Crippen molar-refractivity contribution in [3.8, 4) is 0 Å². The molecule has 0 aliphatic heterocycles. The van der Waals surface area contributed by atoms with Crippen molar-refractivity contribution in [1.82, 2.24) is 5.32 Å². The molecule has 0 aliphatic carbocycles. The van der Waals surface area contributed by atoms with Gasteiger partial charge in [0.15, 0.2) is 0 Å². The number of carbonyl (C=O) groups excluding carboxylic acids is 1. The van der Waals surface area contributed by atoms with Crippen molar-refractivity contribution < 1.29 is 19.1 Å². The van der Waals surface area contributed by atoms with E-state index in [2.05, 4.69) is 21.2 Å². The lowest BCUT2D eigenvalue weighted by Crippen LogP contribution is -2.26. The maximum absolute atomic E-state index is 13.7. The molecule has 1 aromatic rings. The Hall–Kier alpha value is -1.43. The molecule has 0 saturated heterocycles. The van der Waals surface area contributed by atoms with Gasteiger partial charge in [-0.1, -0.05) is 13.0 Å². The number of hydrogen-bond donors (Lipinski definition) is 2. The quantitative estimate of drug-likeness (QED) is 0.797. The van der Waals surface area contributed by atoms with Crippen LogP contribution in [0.25, 0.3) is 0 Å². The zero-order valence-corrected chi connectivity index (χ0v) is 12.7. The van der Waals surface area contributed by atoms with Crippen molar-refractivity contribution in [2.45, 2.75) is 26.2 Å². The molecule has 1 atom stereocenters. The second-order valence-electron chi connectivity index (χ2n) is 4.68. The maximum Gasteiger partial charge on any atom is 0.303 e. The van der Waals surface area contributed by atoms with Crippen LogP contribution in [-0.2, 0) is 4.79 Å². The summed E-state index contributed by atoms with van der Waals surface area (Å²) in [7, 11) is 0. The summed E-state index contributed by atoms with van der Waals surface area (Å²) in [6, 6.07) is 4.54. The molecular formula is C14H17BrFNO3. The van der Waals surface area contributed by atoms with Crippen molar-refractivity contribution in [2.24, 2.45) is 5.92 Å². The first-order valence-corrected chi connectivity index (χ1v) is 7.15. The van der Waals surface area contributed by atoms with Crippen LogP contribution in [0.3, 0.4) is 0 Å². The Kier molecular flexibility index (Phi) is 6.64. The van der Waals surface area contributed by atoms with E-state index in [-0.39, 0.29) is 22.4 Å². The smallest absolute Gasteiger partial charge is 0.303 e. The average Bonchev–Trinajstić information content (AvgIpc) is 2.39. The van der Waals surface area contributed by atoms with Gasteiger partial charge in [-0.3, -0.25) is 9.59 Å². The van der Waals surface area contributed by atoms with Crippen LogP contribution in [0, 0.1) is 11.7 Å². The van der Waals surface area contributed by atoms with Crippen molar-refractivity contribution in [3.05, 3.63) is 34.1 Å². The van der Waals surface area contributed by atoms with E-state index in [1.165, 1.54) is 12.1 Å². The number of hydrogen-bond acceptors (Lipinski definition) is 2. The zero-order valence-electron chi connectivity index (χ0n) is 11.2. The van der Waals surface area contributed by atoms with Gasteiger partial charge in [-0.25, -0.2) is 4.39 Å². The summed E-state index contributed by atoms with van der Waals surface area (Å²) < 4.78 is 13.9. The third-order valence-electron chi connectivity index (χ3n) is 2.97. The molecule has 0 saturated carbocycles. The predicted octanol–water partition coefficient (Wildman–Crippen LogP) is 3.21. The molecule has 6 heteroatoms. The molecule has 0 aliphatic rings. The van der Waals surface area contributed by atoms with Crippen molar-refractivity contribution in [2.75, 3.05) is 6.54 Å². The van der Waals surface area contributed by atoms with Gasteiger partial charge in [-0.2, -0.15) is 0 Å².